The van der Waals surface area contributed by atoms with Crippen molar-refractivity contribution in [2.45, 2.75) is 59.8 Å². The molecule has 20 heavy (non-hydrogen) atoms. The van der Waals surface area contributed by atoms with Crippen molar-refractivity contribution in [2.75, 3.05) is 0 Å². The fraction of sp³-hybridized carbons (Fsp3) is 0.600. The van der Waals surface area contributed by atoms with Gasteiger partial charge in [-0.05, 0) is 73.0 Å². The summed E-state index contributed by atoms with van der Waals surface area (Å²) < 4.78 is 0. The summed E-state index contributed by atoms with van der Waals surface area (Å²) in [6.45, 7) is 11.9. The predicted molar refractivity (Wildman–Crippen MR) is 87.9 cm³/mol. The van der Waals surface area contributed by atoms with Crippen molar-refractivity contribution in [2.24, 2.45) is 17.3 Å². The fourth-order valence-electron chi connectivity index (χ4n) is 4.98. The molecule has 0 nitrogen and oxygen atoms in total. The third-order valence-electron chi connectivity index (χ3n) is 6.07. The van der Waals surface area contributed by atoms with Crippen molar-refractivity contribution in [3.05, 3.63) is 41.0 Å². The van der Waals surface area contributed by atoms with Gasteiger partial charge in [0.05, 0.1) is 0 Å². The standard InChI is InChI=1S/C20H28/c1-13(2)18-8-9-19-17-12-14(3)6-7-16(17)15(4)10-11-20(18,19)5/h6-7,10,12-13,18-19H,8-9,11H2,1-5H3/t18-,19-,20+/m1/s1. The van der Waals surface area contributed by atoms with Crippen LogP contribution in [-0.4, -0.2) is 0 Å². The third kappa shape index (κ3) is 1.96. The SMILES string of the molecule is CC1=CC[C@]2(C)[C@H](CC[C@@H]2C(C)C)c2cc(C)ccc21. The van der Waals surface area contributed by atoms with Gasteiger partial charge in [0.25, 0.3) is 0 Å². The lowest BCUT2D eigenvalue weighted by molar-refractivity contribution is 0.158. The zero-order valence-electron chi connectivity index (χ0n) is 13.7. The average molecular weight is 268 g/mol. The highest BCUT2D eigenvalue weighted by Gasteiger charge is 2.48. The lowest BCUT2D eigenvalue weighted by atomic mass is 9.66. The van der Waals surface area contributed by atoms with Crippen LogP contribution in [0.3, 0.4) is 0 Å². The van der Waals surface area contributed by atoms with Crippen LogP contribution in [0, 0.1) is 24.2 Å². The van der Waals surface area contributed by atoms with E-state index in [0.717, 1.165) is 17.8 Å². The molecule has 1 aromatic rings. The summed E-state index contributed by atoms with van der Waals surface area (Å²) >= 11 is 0. The number of hydrogen-bond acceptors (Lipinski definition) is 0. The number of fused-ring (bicyclic) bond motifs is 3. The molecule has 0 heteroatoms. The molecule has 1 fully saturated rings. The van der Waals surface area contributed by atoms with Crippen LogP contribution in [0.15, 0.2) is 24.3 Å². The van der Waals surface area contributed by atoms with Gasteiger partial charge in [0, 0.05) is 0 Å². The molecule has 0 unspecified atom stereocenters. The Morgan fingerprint density at radius 2 is 1.90 bits per heavy atom. The summed E-state index contributed by atoms with van der Waals surface area (Å²) in [5.74, 6) is 2.41. The highest BCUT2D eigenvalue weighted by atomic mass is 14.5. The van der Waals surface area contributed by atoms with Gasteiger partial charge in [-0.25, -0.2) is 0 Å². The highest BCUT2D eigenvalue weighted by Crippen LogP contribution is 2.59. The molecule has 3 atom stereocenters. The van der Waals surface area contributed by atoms with E-state index in [9.17, 15) is 0 Å². The first-order valence-corrected chi connectivity index (χ1v) is 8.21. The van der Waals surface area contributed by atoms with E-state index < -0.39 is 0 Å². The maximum absolute atomic E-state index is 2.55. The van der Waals surface area contributed by atoms with E-state index in [0.29, 0.717) is 5.41 Å². The first-order chi connectivity index (χ1) is 9.43. The Morgan fingerprint density at radius 3 is 2.60 bits per heavy atom. The Morgan fingerprint density at radius 1 is 1.15 bits per heavy atom. The van der Waals surface area contributed by atoms with Crippen molar-refractivity contribution in [3.8, 4) is 0 Å². The van der Waals surface area contributed by atoms with E-state index >= 15 is 0 Å². The smallest absolute Gasteiger partial charge is 0.00960 e. The molecule has 0 saturated heterocycles. The molecule has 0 aromatic heterocycles. The molecular weight excluding hydrogens is 240 g/mol. The van der Waals surface area contributed by atoms with E-state index in [4.69, 9.17) is 0 Å². The van der Waals surface area contributed by atoms with E-state index in [2.05, 4.69) is 58.9 Å². The highest BCUT2D eigenvalue weighted by molar-refractivity contribution is 5.69. The van der Waals surface area contributed by atoms with Gasteiger partial charge in [0.2, 0.25) is 0 Å². The molecule has 0 spiro atoms. The Bertz CT molecular complexity index is 549. The van der Waals surface area contributed by atoms with Gasteiger partial charge in [-0.1, -0.05) is 50.6 Å². The summed E-state index contributed by atoms with van der Waals surface area (Å²) in [5, 5.41) is 0. The number of hydrogen-bond donors (Lipinski definition) is 0. The quantitative estimate of drug-likeness (QED) is 0.589. The van der Waals surface area contributed by atoms with Gasteiger partial charge in [-0.15, -0.1) is 0 Å². The van der Waals surface area contributed by atoms with E-state index in [1.165, 1.54) is 36.0 Å². The second-order valence-corrected chi connectivity index (χ2v) is 7.67. The molecule has 108 valence electrons. The van der Waals surface area contributed by atoms with E-state index in [-0.39, 0.29) is 0 Å². The zero-order chi connectivity index (χ0) is 14.5. The van der Waals surface area contributed by atoms with Gasteiger partial charge >= 0.3 is 0 Å². The lowest BCUT2D eigenvalue weighted by Gasteiger charge is -2.38. The normalized spacial score (nSPS) is 32.6. The number of aryl methyl sites for hydroxylation is 1. The van der Waals surface area contributed by atoms with Crippen molar-refractivity contribution >= 4 is 5.57 Å². The molecule has 0 bridgehead atoms. The second kappa shape index (κ2) is 4.76. The molecule has 0 N–H and O–H groups in total. The fourth-order valence-corrected chi connectivity index (χ4v) is 4.98. The Labute approximate surface area is 124 Å². The number of allylic oxidation sites excluding steroid dienone is 2. The zero-order valence-corrected chi connectivity index (χ0v) is 13.7. The van der Waals surface area contributed by atoms with Crippen molar-refractivity contribution in [3.63, 3.8) is 0 Å². The molecule has 2 aliphatic rings. The average Bonchev–Trinajstić information content (AvgIpc) is 2.69. The molecule has 0 amide bonds. The first kappa shape index (κ1) is 13.9. The largest absolute Gasteiger partial charge is 0.0804 e. The molecule has 0 aliphatic heterocycles. The van der Waals surface area contributed by atoms with E-state index in [1.807, 2.05) is 0 Å². The molecule has 1 saturated carbocycles. The summed E-state index contributed by atoms with van der Waals surface area (Å²) in [5.41, 5.74) is 6.48. The molecule has 2 aliphatic carbocycles. The summed E-state index contributed by atoms with van der Waals surface area (Å²) in [4.78, 5) is 0. The van der Waals surface area contributed by atoms with Crippen molar-refractivity contribution in [1.29, 1.82) is 0 Å². The minimum absolute atomic E-state index is 0.453. The van der Waals surface area contributed by atoms with Crippen molar-refractivity contribution in [1.82, 2.24) is 0 Å². The monoisotopic (exact) mass is 268 g/mol. The minimum atomic E-state index is 0.453. The maximum atomic E-state index is 2.55. The van der Waals surface area contributed by atoms with Gasteiger partial charge in [-0.2, -0.15) is 0 Å². The van der Waals surface area contributed by atoms with Gasteiger partial charge in [0.15, 0.2) is 0 Å². The molecule has 0 radical (unpaired) electrons. The topological polar surface area (TPSA) is 0 Å². The lowest BCUT2D eigenvalue weighted by Crippen LogP contribution is -2.30. The van der Waals surface area contributed by atoms with Crippen LogP contribution in [0.5, 0.6) is 0 Å². The Balaban J connectivity index is 2.15. The van der Waals surface area contributed by atoms with Crippen molar-refractivity contribution < 1.29 is 0 Å². The Kier molecular flexibility index (Phi) is 3.31. The van der Waals surface area contributed by atoms with Crippen LogP contribution in [0.4, 0.5) is 0 Å². The summed E-state index contributed by atoms with van der Waals surface area (Å²) in [6.07, 6.45) is 6.53. The summed E-state index contributed by atoms with van der Waals surface area (Å²) in [7, 11) is 0. The number of rotatable bonds is 1. The predicted octanol–water partition coefficient (Wildman–Crippen LogP) is 5.96. The van der Waals surface area contributed by atoms with Gasteiger partial charge < -0.3 is 0 Å². The van der Waals surface area contributed by atoms with Crippen LogP contribution >= 0.6 is 0 Å². The minimum Gasteiger partial charge on any atom is -0.0804 e. The van der Waals surface area contributed by atoms with Crippen LogP contribution in [0.1, 0.15) is 69.6 Å². The number of benzene rings is 1. The van der Waals surface area contributed by atoms with Crippen LogP contribution in [0.25, 0.3) is 5.57 Å². The van der Waals surface area contributed by atoms with Gasteiger partial charge in [0.1, 0.15) is 0 Å². The van der Waals surface area contributed by atoms with E-state index in [1.54, 1.807) is 5.56 Å². The molecule has 0 heterocycles. The second-order valence-electron chi connectivity index (χ2n) is 7.67. The van der Waals surface area contributed by atoms with Crippen LogP contribution in [-0.2, 0) is 0 Å². The molecule has 3 rings (SSSR count). The summed E-state index contributed by atoms with van der Waals surface area (Å²) in [6, 6.07) is 7.09. The molecular formula is C20H28. The molecule has 1 aromatic carbocycles. The Hall–Kier alpha value is -1.04. The van der Waals surface area contributed by atoms with Crippen LogP contribution < -0.4 is 0 Å². The maximum Gasteiger partial charge on any atom is -0.00960 e. The third-order valence-corrected chi connectivity index (χ3v) is 6.07. The van der Waals surface area contributed by atoms with Crippen LogP contribution in [0.2, 0.25) is 0 Å². The van der Waals surface area contributed by atoms with Gasteiger partial charge in [-0.3, -0.25) is 0 Å². The first-order valence-electron chi connectivity index (χ1n) is 8.21.